The van der Waals surface area contributed by atoms with E-state index in [1.54, 1.807) is 6.20 Å². The molecule has 0 aliphatic heterocycles. The third kappa shape index (κ3) is 3.38. The molecule has 3 nitrogen and oxygen atoms in total. The quantitative estimate of drug-likeness (QED) is 0.630. The van der Waals surface area contributed by atoms with E-state index in [9.17, 15) is 0 Å². The molecule has 0 unspecified atom stereocenters. The number of nitrogens with zero attached hydrogens (tertiary/aromatic N) is 2. The van der Waals surface area contributed by atoms with E-state index in [1.807, 2.05) is 36.4 Å². The lowest BCUT2D eigenvalue weighted by Crippen LogP contribution is -1.93. The average molecular weight is 319 g/mol. The number of oxazole rings is 1. The SMILES string of the molecule is ClN(Cl)c1ccc(Cc2ccc(-c3cnco3)cc2)cc1. The van der Waals surface area contributed by atoms with Gasteiger partial charge in [0.25, 0.3) is 0 Å². The van der Waals surface area contributed by atoms with Crippen LogP contribution in [0.15, 0.2) is 65.5 Å². The Labute approximate surface area is 133 Å². The van der Waals surface area contributed by atoms with E-state index in [0.717, 1.165) is 27.4 Å². The highest BCUT2D eigenvalue weighted by Gasteiger charge is 2.03. The van der Waals surface area contributed by atoms with E-state index in [0.29, 0.717) is 0 Å². The molecule has 3 aromatic rings. The fourth-order valence-electron chi connectivity index (χ4n) is 2.11. The molecular formula is C16H12Cl2N2O. The summed E-state index contributed by atoms with van der Waals surface area (Å²) in [6.45, 7) is 0. The number of rotatable bonds is 4. The van der Waals surface area contributed by atoms with Crippen LogP contribution in [0.1, 0.15) is 11.1 Å². The van der Waals surface area contributed by atoms with Crippen LogP contribution in [0.5, 0.6) is 0 Å². The van der Waals surface area contributed by atoms with Gasteiger partial charge in [0.15, 0.2) is 12.2 Å². The number of hydrogen-bond acceptors (Lipinski definition) is 3. The van der Waals surface area contributed by atoms with Crippen molar-refractivity contribution in [3.63, 3.8) is 0 Å². The summed E-state index contributed by atoms with van der Waals surface area (Å²) in [6, 6.07) is 16.0. The maximum absolute atomic E-state index is 5.67. The molecule has 2 aromatic carbocycles. The average Bonchev–Trinajstić information content (AvgIpc) is 3.03. The van der Waals surface area contributed by atoms with Crippen LogP contribution in [0.2, 0.25) is 0 Å². The predicted octanol–water partition coefficient (Wildman–Crippen LogP) is 5.05. The van der Waals surface area contributed by atoms with Gasteiger partial charge in [-0.05, 0) is 29.7 Å². The Kier molecular flexibility index (Phi) is 4.13. The number of halogens is 2. The number of anilines is 1. The van der Waals surface area contributed by atoms with Gasteiger partial charge in [0.05, 0.1) is 11.9 Å². The van der Waals surface area contributed by atoms with Gasteiger partial charge < -0.3 is 4.42 Å². The first-order valence-corrected chi connectivity index (χ1v) is 7.08. The molecule has 3 rings (SSSR count). The topological polar surface area (TPSA) is 29.3 Å². The number of benzene rings is 2. The fourth-order valence-corrected chi connectivity index (χ4v) is 2.33. The molecule has 0 fully saturated rings. The molecule has 0 spiro atoms. The second-order valence-electron chi connectivity index (χ2n) is 4.64. The minimum Gasteiger partial charge on any atom is -0.444 e. The van der Waals surface area contributed by atoms with Crippen LogP contribution in [0.4, 0.5) is 5.69 Å². The van der Waals surface area contributed by atoms with Gasteiger partial charge in [0.1, 0.15) is 0 Å². The Morgan fingerprint density at radius 2 is 1.52 bits per heavy atom. The largest absolute Gasteiger partial charge is 0.444 e. The van der Waals surface area contributed by atoms with E-state index >= 15 is 0 Å². The minimum absolute atomic E-state index is 0.753. The van der Waals surface area contributed by atoms with Gasteiger partial charge in [-0.25, -0.2) is 4.98 Å². The van der Waals surface area contributed by atoms with Gasteiger partial charge in [-0.2, -0.15) is 3.94 Å². The second-order valence-corrected chi connectivity index (χ2v) is 5.49. The molecule has 0 saturated carbocycles. The van der Waals surface area contributed by atoms with Crippen LogP contribution in [0.25, 0.3) is 11.3 Å². The van der Waals surface area contributed by atoms with E-state index in [-0.39, 0.29) is 0 Å². The van der Waals surface area contributed by atoms with Crippen molar-refractivity contribution in [3.8, 4) is 11.3 Å². The maximum Gasteiger partial charge on any atom is 0.181 e. The van der Waals surface area contributed by atoms with Gasteiger partial charge in [0.2, 0.25) is 0 Å². The number of aromatic nitrogens is 1. The molecule has 1 aromatic heterocycles. The zero-order valence-corrected chi connectivity index (χ0v) is 12.6. The van der Waals surface area contributed by atoms with E-state index in [1.165, 1.54) is 17.5 Å². The summed E-state index contributed by atoms with van der Waals surface area (Å²) in [7, 11) is 0. The standard InChI is InChI=1S/C16H12Cl2N2O/c17-20(18)15-7-3-13(4-8-15)9-12-1-5-14(6-2-12)16-10-19-11-21-16/h1-8,10-11H,9H2. The molecule has 0 bridgehead atoms. The van der Waals surface area contributed by atoms with Crippen LogP contribution < -0.4 is 3.94 Å². The Bertz CT molecular complexity index is 692. The monoisotopic (exact) mass is 318 g/mol. The molecule has 21 heavy (non-hydrogen) atoms. The second kappa shape index (κ2) is 6.20. The predicted molar refractivity (Wildman–Crippen MR) is 85.4 cm³/mol. The summed E-state index contributed by atoms with van der Waals surface area (Å²) in [5.41, 5.74) is 4.19. The summed E-state index contributed by atoms with van der Waals surface area (Å²) in [5, 5.41) is 0. The smallest absolute Gasteiger partial charge is 0.181 e. The minimum atomic E-state index is 0.753. The van der Waals surface area contributed by atoms with Crippen molar-refractivity contribution >= 4 is 29.2 Å². The zero-order valence-electron chi connectivity index (χ0n) is 11.0. The van der Waals surface area contributed by atoms with Gasteiger partial charge in [0, 0.05) is 29.1 Å². The lowest BCUT2D eigenvalue weighted by atomic mass is 10.0. The third-order valence-corrected chi connectivity index (χ3v) is 3.60. The number of hydrogen-bond donors (Lipinski definition) is 0. The molecule has 0 aliphatic rings. The summed E-state index contributed by atoms with van der Waals surface area (Å²) >= 11 is 11.3. The van der Waals surface area contributed by atoms with Gasteiger partial charge >= 0.3 is 0 Å². The lowest BCUT2D eigenvalue weighted by molar-refractivity contribution is 0.572. The van der Waals surface area contributed by atoms with E-state index < -0.39 is 0 Å². The first kappa shape index (κ1) is 14.0. The van der Waals surface area contributed by atoms with Crippen molar-refractivity contribution in [3.05, 3.63) is 72.2 Å². The highest BCUT2D eigenvalue weighted by molar-refractivity contribution is 6.49. The van der Waals surface area contributed by atoms with Crippen LogP contribution in [0.3, 0.4) is 0 Å². The molecule has 0 saturated heterocycles. The first-order valence-electron chi connectivity index (χ1n) is 6.41. The summed E-state index contributed by atoms with van der Waals surface area (Å²) in [4.78, 5) is 3.92. The molecule has 0 amide bonds. The van der Waals surface area contributed by atoms with Crippen molar-refractivity contribution in [2.24, 2.45) is 0 Å². The van der Waals surface area contributed by atoms with Crippen molar-refractivity contribution in [1.29, 1.82) is 0 Å². The summed E-state index contributed by atoms with van der Waals surface area (Å²) in [6.07, 6.45) is 3.99. The van der Waals surface area contributed by atoms with Crippen LogP contribution in [-0.2, 0) is 6.42 Å². The summed E-state index contributed by atoms with van der Waals surface area (Å²) in [5.74, 6) is 0.773. The molecule has 0 radical (unpaired) electrons. The van der Waals surface area contributed by atoms with Gasteiger partial charge in [-0.3, -0.25) is 0 Å². The van der Waals surface area contributed by atoms with Crippen molar-refractivity contribution in [2.75, 3.05) is 3.94 Å². The van der Waals surface area contributed by atoms with E-state index in [4.69, 9.17) is 28.0 Å². The molecular weight excluding hydrogens is 307 g/mol. The van der Waals surface area contributed by atoms with Crippen LogP contribution in [-0.4, -0.2) is 4.98 Å². The zero-order chi connectivity index (χ0) is 14.7. The molecule has 5 heteroatoms. The van der Waals surface area contributed by atoms with Crippen molar-refractivity contribution in [2.45, 2.75) is 6.42 Å². The highest BCUT2D eigenvalue weighted by Crippen LogP contribution is 2.22. The molecule has 0 aliphatic carbocycles. The van der Waals surface area contributed by atoms with E-state index in [2.05, 4.69) is 17.1 Å². The maximum atomic E-state index is 5.67. The van der Waals surface area contributed by atoms with Crippen LogP contribution >= 0.6 is 23.6 Å². The lowest BCUT2D eigenvalue weighted by Gasteiger charge is -2.07. The normalized spacial score (nSPS) is 10.6. The molecule has 0 atom stereocenters. The van der Waals surface area contributed by atoms with Crippen molar-refractivity contribution in [1.82, 2.24) is 4.98 Å². The summed E-state index contributed by atoms with van der Waals surface area (Å²) < 4.78 is 6.32. The fraction of sp³-hybridized carbons (Fsp3) is 0.0625. The Balaban J connectivity index is 1.73. The van der Waals surface area contributed by atoms with Crippen LogP contribution in [0, 0.1) is 0 Å². The van der Waals surface area contributed by atoms with Gasteiger partial charge in [-0.15, -0.1) is 0 Å². The highest BCUT2D eigenvalue weighted by atomic mass is 35.5. The Morgan fingerprint density at radius 1 is 0.905 bits per heavy atom. The Morgan fingerprint density at radius 3 is 2.05 bits per heavy atom. The molecule has 1 heterocycles. The third-order valence-electron chi connectivity index (χ3n) is 3.21. The Hall–Kier alpha value is -1.97. The van der Waals surface area contributed by atoms with Gasteiger partial charge in [-0.1, -0.05) is 36.4 Å². The van der Waals surface area contributed by atoms with Crippen molar-refractivity contribution < 1.29 is 4.42 Å². The molecule has 106 valence electrons. The molecule has 0 N–H and O–H groups in total. The first-order chi connectivity index (χ1) is 10.2.